The van der Waals surface area contributed by atoms with E-state index in [0.717, 1.165) is 12.1 Å². The van der Waals surface area contributed by atoms with Crippen LogP contribution in [0.5, 0.6) is 11.6 Å². The summed E-state index contributed by atoms with van der Waals surface area (Å²) in [5.41, 5.74) is 3.06. The van der Waals surface area contributed by atoms with Gasteiger partial charge in [-0.05, 0) is 56.1 Å². The monoisotopic (exact) mass is 464 g/mol. The lowest BCUT2D eigenvalue weighted by atomic mass is 10.00. The average Bonchev–Trinajstić information content (AvgIpc) is 3.07. The van der Waals surface area contributed by atoms with Crippen LogP contribution in [-0.2, 0) is 6.54 Å². The number of halogens is 1. The summed E-state index contributed by atoms with van der Waals surface area (Å²) in [7, 11) is 3.97. The molecule has 4 aromatic rings. The van der Waals surface area contributed by atoms with Gasteiger partial charge in [0.15, 0.2) is 11.6 Å². The zero-order valence-electron chi connectivity index (χ0n) is 17.9. The van der Waals surface area contributed by atoms with Crippen molar-refractivity contribution in [2.45, 2.75) is 6.54 Å². The maximum atomic E-state index is 11.1. The zero-order chi connectivity index (χ0) is 23.7. The molecule has 0 atom stereocenters. The van der Waals surface area contributed by atoms with Crippen molar-refractivity contribution >= 4 is 39.6 Å². The number of nitro benzene ring substituents is 1. The lowest BCUT2D eigenvalue weighted by Crippen LogP contribution is -2.10. The number of hydrogen-bond donors (Lipinski definition) is 3. The summed E-state index contributed by atoms with van der Waals surface area (Å²) >= 11 is 6.09. The molecule has 3 aromatic carbocycles. The molecule has 0 amide bonds. The third-order valence-electron chi connectivity index (χ3n) is 5.10. The molecule has 0 aliphatic carbocycles. The van der Waals surface area contributed by atoms with Gasteiger partial charge in [0.2, 0.25) is 0 Å². The molecule has 0 saturated carbocycles. The van der Waals surface area contributed by atoms with Crippen molar-refractivity contribution in [2.24, 2.45) is 4.99 Å². The zero-order valence-corrected chi connectivity index (χ0v) is 18.7. The van der Waals surface area contributed by atoms with Gasteiger partial charge in [-0.15, -0.1) is 0 Å². The van der Waals surface area contributed by atoms with Crippen LogP contribution in [0.15, 0.2) is 65.7 Å². The Bertz CT molecular complexity index is 1380. The number of nitrogens with one attached hydrogen (secondary N) is 1. The fourth-order valence-electron chi connectivity index (χ4n) is 3.66. The third kappa shape index (κ3) is 4.67. The van der Waals surface area contributed by atoms with Crippen molar-refractivity contribution < 1.29 is 15.1 Å². The number of aromatic nitrogens is 1. The van der Waals surface area contributed by atoms with Crippen LogP contribution in [0.2, 0.25) is 5.02 Å². The van der Waals surface area contributed by atoms with E-state index in [1.807, 2.05) is 38.4 Å². The van der Waals surface area contributed by atoms with Gasteiger partial charge in [0, 0.05) is 28.6 Å². The van der Waals surface area contributed by atoms with Crippen LogP contribution in [0.1, 0.15) is 16.7 Å². The highest BCUT2D eigenvalue weighted by Crippen LogP contribution is 2.35. The lowest BCUT2D eigenvalue weighted by Gasteiger charge is -2.11. The molecule has 0 aliphatic rings. The fraction of sp³-hybridized carbons (Fsp3) is 0.125. The Labute approximate surface area is 194 Å². The number of aromatic amines is 1. The van der Waals surface area contributed by atoms with E-state index in [4.69, 9.17) is 16.6 Å². The highest BCUT2D eigenvalue weighted by Gasteiger charge is 2.22. The first-order valence-electron chi connectivity index (χ1n) is 10.0. The minimum Gasteiger partial charge on any atom is -0.502 e. The third-order valence-corrected chi connectivity index (χ3v) is 5.33. The predicted molar refractivity (Wildman–Crippen MR) is 129 cm³/mol. The Morgan fingerprint density at radius 3 is 2.45 bits per heavy atom. The Morgan fingerprint density at radius 1 is 1.09 bits per heavy atom. The summed E-state index contributed by atoms with van der Waals surface area (Å²) in [6.45, 7) is 0.775. The largest absolute Gasteiger partial charge is 0.502 e. The predicted octanol–water partition coefficient (Wildman–Crippen LogP) is 5.37. The molecule has 33 heavy (non-hydrogen) atoms. The maximum Gasteiger partial charge on any atom is 0.310 e. The molecular formula is C24H21ClN4O4. The van der Waals surface area contributed by atoms with E-state index in [2.05, 4.69) is 9.88 Å². The first kappa shape index (κ1) is 22.3. The van der Waals surface area contributed by atoms with E-state index < -0.39 is 16.4 Å². The molecule has 9 heteroatoms. The number of aromatic hydroxyl groups is 2. The number of phenols is 1. The molecule has 168 valence electrons. The van der Waals surface area contributed by atoms with E-state index in [1.165, 1.54) is 18.2 Å². The summed E-state index contributed by atoms with van der Waals surface area (Å²) in [6.07, 6.45) is 0. The fourth-order valence-corrected chi connectivity index (χ4v) is 3.83. The van der Waals surface area contributed by atoms with E-state index >= 15 is 0 Å². The molecule has 0 spiro atoms. The van der Waals surface area contributed by atoms with Gasteiger partial charge in [0.25, 0.3) is 0 Å². The topological polar surface area (TPSA) is 115 Å². The summed E-state index contributed by atoms with van der Waals surface area (Å²) in [4.78, 5) is 20.2. The van der Waals surface area contributed by atoms with Gasteiger partial charge in [-0.3, -0.25) is 10.1 Å². The molecule has 0 unspecified atom stereocenters. The van der Waals surface area contributed by atoms with Crippen LogP contribution in [0.3, 0.4) is 0 Å². The van der Waals surface area contributed by atoms with Gasteiger partial charge in [0.1, 0.15) is 0 Å². The molecule has 1 aromatic heterocycles. The summed E-state index contributed by atoms with van der Waals surface area (Å²) in [5.74, 6) is -0.623. The number of benzene rings is 3. The van der Waals surface area contributed by atoms with E-state index in [-0.39, 0.29) is 5.88 Å². The summed E-state index contributed by atoms with van der Waals surface area (Å²) < 4.78 is 0. The molecule has 4 rings (SSSR count). The Balaban J connectivity index is 1.90. The average molecular weight is 465 g/mol. The maximum absolute atomic E-state index is 11.1. The quantitative estimate of drug-likeness (QED) is 0.201. The second-order valence-corrected chi connectivity index (χ2v) is 8.30. The molecular weight excluding hydrogens is 444 g/mol. The Kier molecular flexibility index (Phi) is 6.04. The van der Waals surface area contributed by atoms with Crippen molar-refractivity contribution in [3.05, 3.63) is 92.5 Å². The van der Waals surface area contributed by atoms with Gasteiger partial charge in [0.05, 0.1) is 27.4 Å². The summed E-state index contributed by atoms with van der Waals surface area (Å²) in [5, 5.41) is 33.3. The lowest BCUT2D eigenvalue weighted by molar-refractivity contribution is -0.385. The van der Waals surface area contributed by atoms with Crippen LogP contribution in [0.4, 0.5) is 11.4 Å². The first-order chi connectivity index (χ1) is 15.7. The molecule has 0 radical (unpaired) electrons. The van der Waals surface area contributed by atoms with E-state index in [9.17, 15) is 20.3 Å². The molecule has 0 aliphatic heterocycles. The second kappa shape index (κ2) is 8.93. The van der Waals surface area contributed by atoms with Crippen LogP contribution in [0.25, 0.3) is 10.9 Å². The van der Waals surface area contributed by atoms with Crippen LogP contribution < -0.4 is 0 Å². The van der Waals surface area contributed by atoms with Crippen molar-refractivity contribution in [1.82, 2.24) is 9.88 Å². The second-order valence-electron chi connectivity index (χ2n) is 7.86. The molecule has 0 bridgehead atoms. The smallest absolute Gasteiger partial charge is 0.310 e. The highest BCUT2D eigenvalue weighted by atomic mass is 35.5. The van der Waals surface area contributed by atoms with Crippen LogP contribution >= 0.6 is 11.6 Å². The van der Waals surface area contributed by atoms with Gasteiger partial charge in [-0.2, -0.15) is 0 Å². The van der Waals surface area contributed by atoms with Crippen molar-refractivity contribution in [2.75, 3.05) is 14.1 Å². The first-order valence-corrected chi connectivity index (χ1v) is 10.4. The molecule has 0 saturated heterocycles. The summed E-state index contributed by atoms with van der Waals surface area (Å²) in [6, 6.07) is 16.7. The van der Waals surface area contributed by atoms with Crippen molar-refractivity contribution in [3.63, 3.8) is 0 Å². The number of nitro groups is 1. The van der Waals surface area contributed by atoms with Crippen molar-refractivity contribution in [3.8, 4) is 11.6 Å². The molecule has 8 nitrogen and oxygen atoms in total. The molecule has 1 heterocycles. The van der Waals surface area contributed by atoms with E-state index in [0.29, 0.717) is 38.5 Å². The number of phenolic OH excluding ortho intramolecular Hbond substituents is 1. The SMILES string of the molecule is CN(C)Cc1ccc(N=C(c2ccc([N+](=O)[O-])c(O)c2)c2c(O)[nH]c3cc(Cl)ccc23)cc1. The number of fused-ring (bicyclic) bond motifs is 1. The van der Waals surface area contributed by atoms with Gasteiger partial charge >= 0.3 is 5.69 Å². The number of nitrogens with zero attached hydrogens (tertiary/aromatic N) is 3. The minimum atomic E-state index is -0.662. The molecule has 3 N–H and O–H groups in total. The molecule has 0 fully saturated rings. The Morgan fingerprint density at radius 2 is 1.82 bits per heavy atom. The van der Waals surface area contributed by atoms with Gasteiger partial charge in [-0.25, -0.2) is 4.99 Å². The van der Waals surface area contributed by atoms with Crippen molar-refractivity contribution in [1.29, 1.82) is 0 Å². The van der Waals surface area contributed by atoms with Crippen LogP contribution in [-0.4, -0.2) is 44.8 Å². The van der Waals surface area contributed by atoms with Crippen LogP contribution in [0, 0.1) is 10.1 Å². The number of rotatable bonds is 6. The number of H-pyrrole nitrogens is 1. The van der Waals surface area contributed by atoms with Gasteiger partial charge in [-0.1, -0.05) is 29.8 Å². The Hall–Kier alpha value is -3.88. The highest BCUT2D eigenvalue weighted by molar-refractivity contribution is 6.31. The number of aliphatic imine (C=N–C) groups is 1. The minimum absolute atomic E-state index is 0.131. The van der Waals surface area contributed by atoms with E-state index in [1.54, 1.807) is 18.2 Å². The normalized spacial score (nSPS) is 11.9. The number of hydrogen-bond acceptors (Lipinski definition) is 6. The standard InChI is InChI=1S/C24H21ClN4O4/c1-28(2)13-14-3-7-17(8-4-14)26-23(15-5-10-20(29(32)33)21(30)11-15)22-18-9-6-16(25)12-19(18)27-24(22)31/h3-12,27,30-31H,13H2,1-2H3. The van der Waals surface area contributed by atoms with Gasteiger partial charge < -0.3 is 20.1 Å².